The highest BCUT2D eigenvalue weighted by atomic mass is 19.1. The second-order valence-electron chi connectivity index (χ2n) is 7.61. The van der Waals surface area contributed by atoms with E-state index < -0.39 is 0 Å². The molecule has 3 aromatic rings. The van der Waals surface area contributed by atoms with E-state index in [1.54, 1.807) is 35.0 Å². The number of hydrogen-bond donors (Lipinski definition) is 1. The molecule has 0 saturated carbocycles. The lowest BCUT2D eigenvalue weighted by Crippen LogP contribution is -2.51. The first kappa shape index (κ1) is 20.7. The fourth-order valence-electron chi connectivity index (χ4n) is 3.66. The Balaban J connectivity index is 1.30. The lowest BCUT2D eigenvalue weighted by atomic mass is 10.1. The molecular formula is C24H26FN5O. The van der Waals surface area contributed by atoms with Crippen molar-refractivity contribution in [2.45, 2.75) is 13.1 Å². The van der Waals surface area contributed by atoms with Crippen molar-refractivity contribution in [3.63, 3.8) is 0 Å². The van der Waals surface area contributed by atoms with Gasteiger partial charge in [0.05, 0.1) is 13.1 Å². The molecule has 160 valence electrons. The van der Waals surface area contributed by atoms with Crippen LogP contribution in [-0.4, -0.2) is 41.6 Å². The topological polar surface area (TPSA) is 66.9 Å². The molecule has 0 unspecified atom stereocenters. The normalized spacial score (nSPS) is 14.7. The summed E-state index contributed by atoms with van der Waals surface area (Å²) in [4.78, 5) is 20.7. The number of guanidine groups is 1. The molecule has 7 heteroatoms. The number of aromatic nitrogens is 1. The van der Waals surface area contributed by atoms with Crippen molar-refractivity contribution >= 4 is 11.6 Å². The third-order valence-corrected chi connectivity index (χ3v) is 5.49. The van der Waals surface area contributed by atoms with E-state index in [1.807, 2.05) is 30.3 Å². The zero-order valence-corrected chi connectivity index (χ0v) is 17.3. The van der Waals surface area contributed by atoms with Crippen LogP contribution in [0.3, 0.4) is 0 Å². The average molecular weight is 420 g/mol. The second kappa shape index (κ2) is 9.47. The number of aliphatic imine (C=N–C) groups is 1. The van der Waals surface area contributed by atoms with Crippen molar-refractivity contribution in [2.24, 2.45) is 10.7 Å². The number of anilines is 1. The Kier molecular flexibility index (Phi) is 6.31. The predicted octanol–water partition coefficient (Wildman–Crippen LogP) is 2.67. The van der Waals surface area contributed by atoms with Crippen LogP contribution >= 0.6 is 0 Å². The SMILES string of the molecule is NC(=NCc1ccc(Cn2ccccc2=O)cc1)N1CCN(c2ccc(F)cc2)CC1. The number of piperazine rings is 1. The quantitative estimate of drug-likeness (QED) is 0.510. The molecule has 1 aliphatic rings. The summed E-state index contributed by atoms with van der Waals surface area (Å²) in [5.41, 5.74) is 9.36. The van der Waals surface area contributed by atoms with Crippen LogP contribution in [0.2, 0.25) is 0 Å². The fourth-order valence-corrected chi connectivity index (χ4v) is 3.66. The number of benzene rings is 2. The average Bonchev–Trinajstić information content (AvgIpc) is 2.80. The van der Waals surface area contributed by atoms with E-state index in [4.69, 9.17) is 5.73 Å². The van der Waals surface area contributed by atoms with Gasteiger partial charge in [-0.1, -0.05) is 30.3 Å². The minimum absolute atomic E-state index is 0.0107. The van der Waals surface area contributed by atoms with E-state index in [1.165, 1.54) is 12.1 Å². The van der Waals surface area contributed by atoms with Crippen LogP contribution < -0.4 is 16.2 Å². The Bertz CT molecular complexity index is 1080. The lowest BCUT2D eigenvalue weighted by molar-refractivity contribution is 0.380. The summed E-state index contributed by atoms with van der Waals surface area (Å²) in [5.74, 6) is 0.319. The summed E-state index contributed by atoms with van der Waals surface area (Å²) in [5, 5.41) is 0. The van der Waals surface area contributed by atoms with Gasteiger partial charge in [-0.3, -0.25) is 4.79 Å². The third kappa shape index (κ3) is 5.31. The predicted molar refractivity (Wildman–Crippen MR) is 122 cm³/mol. The van der Waals surface area contributed by atoms with Gasteiger partial charge in [-0.2, -0.15) is 0 Å². The third-order valence-electron chi connectivity index (χ3n) is 5.49. The molecule has 2 aromatic carbocycles. The van der Waals surface area contributed by atoms with Crippen LogP contribution in [0.25, 0.3) is 0 Å². The lowest BCUT2D eigenvalue weighted by Gasteiger charge is -2.36. The number of rotatable bonds is 5. The number of nitrogens with zero attached hydrogens (tertiary/aromatic N) is 4. The molecule has 6 nitrogen and oxygen atoms in total. The van der Waals surface area contributed by atoms with Crippen molar-refractivity contribution in [1.82, 2.24) is 9.47 Å². The molecule has 31 heavy (non-hydrogen) atoms. The maximum atomic E-state index is 13.1. The van der Waals surface area contributed by atoms with Gasteiger partial charge in [0.1, 0.15) is 5.82 Å². The van der Waals surface area contributed by atoms with Crippen molar-refractivity contribution in [3.05, 3.63) is 100 Å². The Labute approximate surface area is 181 Å². The van der Waals surface area contributed by atoms with Gasteiger partial charge in [0, 0.05) is 44.1 Å². The highest BCUT2D eigenvalue weighted by Gasteiger charge is 2.18. The Morgan fingerprint density at radius 3 is 2.26 bits per heavy atom. The first-order valence-electron chi connectivity index (χ1n) is 10.4. The minimum atomic E-state index is -0.222. The zero-order valence-electron chi connectivity index (χ0n) is 17.3. The van der Waals surface area contributed by atoms with Crippen LogP contribution in [0.5, 0.6) is 0 Å². The fraction of sp³-hybridized carbons (Fsp3) is 0.250. The molecule has 0 atom stereocenters. The highest BCUT2D eigenvalue weighted by molar-refractivity contribution is 5.78. The van der Waals surface area contributed by atoms with Crippen LogP contribution in [0.1, 0.15) is 11.1 Å². The van der Waals surface area contributed by atoms with Crippen LogP contribution in [0, 0.1) is 5.82 Å². The van der Waals surface area contributed by atoms with E-state index >= 15 is 0 Å². The molecule has 1 fully saturated rings. The molecule has 1 aliphatic heterocycles. The maximum Gasteiger partial charge on any atom is 0.250 e. The van der Waals surface area contributed by atoms with Crippen molar-refractivity contribution in [1.29, 1.82) is 0 Å². The van der Waals surface area contributed by atoms with Crippen molar-refractivity contribution in [2.75, 3.05) is 31.1 Å². The van der Waals surface area contributed by atoms with E-state index in [9.17, 15) is 9.18 Å². The van der Waals surface area contributed by atoms with Crippen LogP contribution in [0.15, 0.2) is 82.7 Å². The van der Waals surface area contributed by atoms with Gasteiger partial charge >= 0.3 is 0 Å². The summed E-state index contributed by atoms with van der Waals surface area (Å²) in [7, 11) is 0. The molecular weight excluding hydrogens is 393 g/mol. The first-order valence-corrected chi connectivity index (χ1v) is 10.4. The van der Waals surface area contributed by atoms with E-state index in [0.29, 0.717) is 19.0 Å². The number of hydrogen-bond acceptors (Lipinski definition) is 3. The molecule has 1 saturated heterocycles. The van der Waals surface area contributed by atoms with Crippen molar-refractivity contribution in [3.8, 4) is 0 Å². The van der Waals surface area contributed by atoms with Crippen LogP contribution in [-0.2, 0) is 13.1 Å². The first-order chi connectivity index (χ1) is 15.1. The molecule has 0 bridgehead atoms. The summed E-state index contributed by atoms with van der Waals surface area (Å²) < 4.78 is 14.8. The standard InChI is InChI=1S/C24H26FN5O/c25-21-8-10-22(11-9-21)28-13-15-29(16-14-28)24(26)27-17-19-4-6-20(7-5-19)18-30-12-2-1-3-23(30)31/h1-12H,13-18H2,(H2,26,27). The summed E-state index contributed by atoms with van der Waals surface area (Å²) in [6, 6.07) is 19.8. The maximum absolute atomic E-state index is 13.1. The van der Waals surface area contributed by atoms with Gasteiger partial charge in [-0.25, -0.2) is 9.38 Å². The summed E-state index contributed by atoms with van der Waals surface area (Å²) >= 11 is 0. The number of halogens is 1. The van der Waals surface area contributed by atoms with Gasteiger partial charge in [-0.15, -0.1) is 0 Å². The van der Waals surface area contributed by atoms with Crippen molar-refractivity contribution < 1.29 is 4.39 Å². The Morgan fingerprint density at radius 2 is 1.58 bits per heavy atom. The summed E-state index contributed by atoms with van der Waals surface area (Å²) in [6.45, 7) is 4.24. The molecule has 2 heterocycles. The van der Waals surface area contributed by atoms with E-state index in [0.717, 1.165) is 43.0 Å². The molecule has 0 aliphatic carbocycles. The largest absolute Gasteiger partial charge is 0.370 e. The van der Waals surface area contributed by atoms with Gasteiger partial charge in [0.15, 0.2) is 5.96 Å². The molecule has 1 aromatic heterocycles. The highest BCUT2D eigenvalue weighted by Crippen LogP contribution is 2.17. The van der Waals surface area contributed by atoms with Crippen LogP contribution in [0.4, 0.5) is 10.1 Å². The molecule has 4 rings (SSSR count). The van der Waals surface area contributed by atoms with Gasteiger partial charge in [0.25, 0.3) is 5.56 Å². The number of pyridine rings is 1. The zero-order chi connectivity index (χ0) is 21.6. The Morgan fingerprint density at radius 1 is 0.903 bits per heavy atom. The molecule has 0 radical (unpaired) electrons. The van der Waals surface area contributed by atoms with Gasteiger partial charge in [-0.05, 0) is 41.5 Å². The monoisotopic (exact) mass is 419 g/mol. The molecule has 0 amide bonds. The van der Waals surface area contributed by atoms with E-state index in [-0.39, 0.29) is 11.4 Å². The van der Waals surface area contributed by atoms with Gasteiger partial charge < -0.3 is 20.1 Å². The second-order valence-corrected chi connectivity index (χ2v) is 7.61. The molecule has 2 N–H and O–H groups in total. The smallest absolute Gasteiger partial charge is 0.250 e. The Hall–Kier alpha value is -3.61. The van der Waals surface area contributed by atoms with Gasteiger partial charge in [0.2, 0.25) is 0 Å². The number of nitrogens with two attached hydrogens (primary N) is 1. The molecule has 0 spiro atoms. The van der Waals surface area contributed by atoms with E-state index in [2.05, 4.69) is 14.8 Å². The minimum Gasteiger partial charge on any atom is -0.370 e. The summed E-state index contributed by atoms with van der Waals surface area (Å²) in [6.07, 6.45) is 1.79.